The summed E-state index contributed by atoms with van der Waals surface area (Å²) in [5, 5.41) is 3.45. The zero-order chi connectivity index (χ0) is 14.9. The van der Waals surface area contributed by atoms with Crippen LogP contribution >= 0.6 is 0 Å². The molecule has 19 heavy (non-hydrogen) atoms. The molecule has 4 nitrogen and oxygen atoms in total. The molecule has 4 heteroatoms. The zero-order valence-corrected chi connectivity index (χ0v) is 13.6. The summed E-state index contributed by atoms with van der Waals surface area (Å²) in [4.78, 5) is 13.7. The van der Waals surface area contributed by atoms with E-state index >= 15 is 0 Å². The van der Waals surface area contributed by atoms with Gasteiger partial charge in [-0.3, -0.25) is 0 Å². The van der Waals surface area contributed by atoms with Gasteiger partial charge in [-0.1, -0.05) is 19.8 Å². The Bertz CT molecular complexity index is 249. The topological polar surface area (TPSA) is 41.6 Å². The van der Waals surface area contributed by atoms with Crippen molar-refractivity contribution in [3.63, 3.8) is 0 Å². The lowest BCUT2D eigenvalue weighted by Crippen LogP contribution is -2.44. The van der Waals surface area contributed by atoms with E-state index in [0.29, 0.717) is 19.1 Å². The van der Waals surface area contributed by atoms with E-state index in [4.69, 9.17) is 4.74 Å². The first kappa shape index (κ1) is 18.2. The third-order valence-corrected chi connectivity index (χ3v) is 2.80. The molecule has 1 atom stereocenters. The summed E-state index contributed by atoms with van der Waals surface area (Å²) < 4.78 is 5.39. The van der Waals surface area contributed by atoms with Gasteiger partial charge in [0.05, 0.1) is 0 Å². The Morgan fingerprint density at radius 1 is 1.26 bits per heavy atom. The van der Waals surface area contributed by atoms with Crippen molar-refractivity contribution in [2.75, 3.05) is 19.6 Å². The lowest BCUT2D eigenvalue weighted by atomic mass is 10.2. The van der Waals surface area contributed by atoms with Crippen molar-refractivity contribution in [1.29, 1.82) is 0 Å². The van der Waals surface area contributed by atoms with E-state index in [1.807, 2.05) is 27.7 Å². The number of rotatable bonds is 8. The molecule has 1 amide bonds. The fourth-order valence-corrected chi connectivity index (χ4v) is 1.78. The Hall–Kier alpha value is -0.770. The standard InChI is InChI=1S/C15H32N2O2/c1-7-9-10-11-16-13(3)12-17(8-2)14(18)19-15(4,5)6/h13,16H,7-12H2,1-6H3/t13-/m0/s1. The molecule has 0 bridgehead atoms. The second kappa shape index (κ2) is 9.18. The third-order valence-electron chi connectivity index (χ3n) is 2.80. The minimum atomic E-state index is -0.428. The highest BCUT2D eigenvalue weighted by Crippen LogP contribution is 2.10. The molecule has 0 unspecified atom stereocenters. The summed E-state index contributed by atoms with van der Waals surface area (Å²) >= 11 is 0. The highest BCUT2D eigenvalue weighted by molar-refractivity contribution is 5.68. The molecule has 0 aliphatic carbocycles. The molecule has 0 spiro atoms. The van der Waals surface area contributed by atoms with Crippen molar-refractivity contribution in [2.24, 2.45) is 0 Å². The zero-order valence-electron chi connectivity index (χ0n) is 13.6. The molecule has 0 radical (unpaired) electrons. The van der Waals surface area contributed by atoms with E-state index in [-0.39, 0.29) is 6.09 Å². The number of likely N-dealkylation sites (N-methyl/N-ethyl adjacent to an activating group) is 1. The minimum absolute atomic E-state index is 0.225. The van der Waals surface area contributed by atoms with E-state index in [2.05, 4.69) is 19.2 Å². The fourth-order valence-electron chi connectivity index (χ4n) is 1.78. The van der Waals surface area contributed by atoms with Crippen LogP contribution in [0, 0.1) is 0 Å². The van der Waals surface area contributed by atoms with Gasteiger partial charge < -0.3 is 15.0 Å². The molecule has 1 N–H and O–H groups in total. The van der Waals surface area contributed by atoms with Crippen molar-refractivity contribution < 1.29 is 9.53 Å². The Balaban J connectivity index is 4.06. The van der Waals surface area contributed by atoms with Gasteiger partial charge >= 0.3 is 6.09 Å². The highest BCUT2D eigenvalue weighted by Gasteiger charge is 2.22. The van der Waals surface area contributed by atoms with E-state index < -0.39 is 5.60 Å². The molecule has 114 valence electrons. The van der Waals surface area contributed by atoms with Crippen molar-refractivity contribution in [3.05, 3.63) is 0 Å². The summed E-state index contributed by atoms with van der Waals surface area (Å²) in [5.74, 6) is 0. The number of unbranched alkanes of at least 4 members (excludes halogenated alkanes) is 2. The van der Waals surface area contributed by atoms with Crippen LogP contribution in [0.4, 0.5) is 4.79 Å². The van der Waals surface area contributed by atoms with Crippen molar-refractivity contribution in [2.45, 2.75) is 72.4 Å². The van der Waals surface area contributed by atoms with Crippen molar-refractivity contribution in [1.82, 2.24) is 10.2 Å². The van der Waals surface area contributed by atoms with Crippen molar-refractivity contribution in [3.8, 4) is 0 Å². The van der Waals surface area contributed by atoms with Crippen LogP contribution in [-0.4, -0.2) is 42.3 Å². The number of ether oxygens (including phenoxy) is 1. The SMILES string of the molecule is CCCCCN[C@@H](C)CN(CC)C(=O)OC(C)(C)C. The van der Waals surface area contributed by atoms with Crippen LogP contribution in [0.3, 0.4) is 0 Å². The second-order valence-electron chi connectivity index (χ2n) is 6.08. The molecule has 0 heterocycles. The number of amides is 1. The van der Waals surface area contributed by atoms with Gasteiger partial charge in [-0.15, -0.1) is 0 Å². The number of hydrogen-bond donors (Lipinski definition) is 1. The van der Waals surface area contributed by atoms with Gasteiger partial charge in [0.2, 0.25) is 0 Å². The molecule has 0 aromatic rings. The molecular formula is C15H32N2O2. The van der Waals surface area contributed by atoms with Gasteiger partial charge in [0.25, 0.3) is 0 Å². The van der Waals surface area contributed by atoms with Crippen LogP contribution < -0.4 is 5.32 Å². The molecule has 0 aromatic carbocycles. The lowest BCUT2D eigenvalue weighted by molar-refractivity contribution is 0.0246. The monoisotopic (exact) mass is 272 g/mol. The van der Waals surface area contributed by atoms with Crippen LogP contribution in [0.5, 0.6) is 0 Å². The molecule has 0 saturated heterocycles. The maximum absolute atomic E-state index is 12.0. The quantitative estimate of drug-likeness (QED) is 0.688. The molecule has 0 saturated carbocycles. The average Bonchev–Trinajstić information content (AvgIpc) is 2.29. The molecule has 0 aliphatic rings. The van der Waals surface area contributed by atoms with E-state index in [1.165, 1.54) is 19.3 Å². The molecule has 0 rings (SSSR count). The van der Waals surface area contributed by atoms with E-state index in [9.17, 15) is 4.79 Å². The van der Waals surface area contributed by atoms with Crippen LogP contribution in [-0.2, 0) is 4.74 Å². The Kier molecular flexibility index (Phi) is 8.81. The Labute approximate surface area is 118 Å². The Morgan fingerprint density at radius 3 is 2.37 bits per heavy atom. The van der Waals surface area contributed by atoms with Gasteiger partial charge in [-0.05, 0) is 47.6 Å². The first-order valence-corrected chi connectivity index (χ1v) is 7.51. The van der Waals surface area contributed by atoms with Gasteiger partial charge in [-0.2, -0.15) is 0 Å². The van der Waals surface area contributed by atoms with Crippen LogP contribution in [0.25, 0.3) is 0 Å². The molecule has 0 fully saturated rings. The summed E-state index contributed by atoms with van der Waals surface area (Å²) in [5.41, 5.74) is -0.428. The van der Waals surface area contributed by atoms with Gasteiger partial charge in [0.1, 0.15) is 5.60 Å². The first-order valence-electron chi connectivity index (χ1n) is 7.51. The van der Waals surface area contributed by atoms with E-state index in [0.717, 1.165) is 6.54 Å². The second-order valence-corrected chi connectivity index (χ2v) is 6.08. The smallest absolute Gasteiger partial charge is 0.410 e. The van der Waals surface area contributed by atoms with Crippen molar-refractivity contribution >= 4 is 6.09 Å². The number of nitrogens with zero attached hydrogens (tertiary/aromatic N) is 1. The number of carbonyl (C=O) groups excluding carboxylic acids is 1. The Morgan fingerprint density at radius 2 is 1.89 bits per heavy atom. The molecule has 0 aliphatic heterocycles. The highest BCUT2D eigenvalue weighted by atomic mass is 16.6. The summed E-state index contributed by atoms with van der Waals surface area (Å²) in [6.45, 7) is 14.4. The average molecular weight is 272 g/mol. The molecule has 0 aromatic heterocycles. The number of hydrogen-bond acceptors (Lipinski definition) is 3. The summed E-state index contributed by atoms with van der Waals surface area (Å²) in [6.07, 6.45) is 3.45. The summed E-state index contributed by atoms with van der Waals surface area (Å²) in [6, 6.07) is 0.296. The number of carbonyl (C=O) groups is 1. The van der Waals surface area contributed by atoms with Gasteiger partial charge in [0, 0.05) is 19.1 Å². The predicted molar refractivity (Wildman–Crippen MR) is 80.5 cm³/mol. The maximum Gasteiger partial charge on any atom is 0.410 e. The predicted octanol–water partition coefficient (Wildman–Crippen LogP) is 3.41. The normalized spacial score (nSPS) is 13.2. The maximum atomic E-state index is 12.0. The first-order chi connectivity index (χ1) is 8.80. The third kappa shape index (κ3) is 9.77. The van der Waals surface area contributed by atoms with Crippen LogP contribution in [0.1, 0.15) is 60.8 Å². The van der Waals surface area contributed by atoms with Crippen LogP contribution in [0.15, 0.2) is 0 Å². The summed E-state index contributed by atoms with van der Waals surface area (Å²) in [7, 11) is 0. The number of nitrogens with one attached hydrogen (secondary N) is 1. The minimum Gasteiger partial charge on any atom is -0.444 e. The van der Waals surface area contributed by atoms with E-state index in [1.54, 1.807) is 4.90 Å². The molecular weight excluding hydrogens is 240 g/mol. The fraction of sp³-hybridized carbons (Fsp3) is 0.933. The largest absolute Gasteiger partial charge is 0.444 e. The lowest BCUT2D eigenvalue weighted by Gasteiger charge is -2.28. The van der Waals surface area contributed by atoms with Crippen LogP contribution in [0.2, 0.25) is 0 Å². The van der Waals surface area contributed by atoms with Gasteiger partial charge in [-0.25, -0.2) is 4.79 Å². The van der Waals surface area contributed by atoms with Gasteiger partial charge in [0.15, 0.2) is 0 Å².